The number of hydrogen-bond acceptors (Lipinski definition) is 7. The predicted molar refractivity (Wildman–Crippen MR) is 63.8 cm³/mol. The summed E-state index contributed by atoms with van der Waals surface area (Å²) in [7, 11) is 1.53. The van der Waals surface area contributed by atoms with Gasteiger partial charge in [0.25, 0.3) is 0 Å². The fourth-order valence-electron chi connectivity index (χ4n) is 1.36. The third-order valence-corrected chi connectivity index (χ3v) is 2.36. The quantitative estimate of drug-likeness (QED) is 0.836. The summed E-state index contributed by atoms with van der Waals surface area (Å²) in [6.45, 7) is 1.94. The van der Waals surface area contributed by atoms with Gasteiger partial charge in [-0.3, -0.25) is 0 Å². The topological polar surface area (TPSA) is 100.0 Å². The van der Waals surface area contributed by atoms with Crippen LogP contribution in [0.3, 0.4) is 0 Å². The van der Waals surface area contributed by atoms with Crippen LogP contribution < -0.4 is 10.5 Å². The van der Waals surface area contributed by atoms with Gasteiger partial charge in [0.15, 0.2) is 0 Å². The Hall–Kier alpha value is -2.02. The maximum atomic E-state index is 5.66. The van der Waals surface area contributed by atoms with Gasteiger partial charge in [0.05, 0.1) is 7.11 Å². The highest BCUT2D eigenvalue weighted by Gasteiger charge is 2.11. The van der Waals surface area contributed by atoms with Gasteiger partial charge in [-0.1, -0.05) is 5.16 Å². The average Bonchev–Trinajstić information content (AvgIpc) is 2.85. The van der Waals surface area contributed by atoms with Crippen LogP contribution in [-0.2, 0) is 6.42 Å². The third kappa shape index (κ3) is 3.01. The van der Waals surface area contributed by atoms with Crippen molar-refractivity contribution in [2.24, 2.45) is 5.73 Å². The molecule has 2 rings (SSSR count). The van der Waals surface area contributed by atoms with E-state index in [0.29, 0.717) is 29.7 Å². The van der Waals surface area contributed by atoms with Gasteiger partial charge in [-0.2, -0.15) is 4.98 Å². The standard InChI is InChI=1S/C11H15N5O2/c1-7(12)3-5-9-13-11(16-18-9)8-4-6-10(17-2)15-14-8/h4,6-7H,3,5,12H2,1-2H3. The molecular formula is C11H15N5O2. The van der Waals surface area contributed by atoms with Crippen LogP contribution in [0, 0.1) is 0 Å². The van der Waals surface area contributed by atoms with Crippen molar-refractivity contribution < 1.29 is 9.26 Å². The van der Waals surface area contributed by atoms with Crippen molar-refractivity contribution in [1.82, 2.24) is 20.3 Å². The molecule has 0 bridgehead atoms. The Morgan fingerprint density at radius 3 is 2.83 bits per heavy atom. The van der Waals surface area contributed by atoms with E-state index in [0.717, 1.165) is 6.42 Å². The smallest absolute Gasteiger partial charge is 0.233 e. The first-order valence-electron chi connectivity index (χ1n) is 5.65. The molecule has 2 N–H and O–H groups in total. The van der Waals surface area contributed by atoms with E-state index < -0.39 is 0 Å². The number of nitrogens with zero attached hydrogens (tertiary/aromatic N) is 4. The van der Waals surface area contributed by atoms with Crippen molar-refractivity contribution in [3.63, 3.8) is 0 Å². The zero-order chi connectivity index (χ0) is 13.0. The average molecular weight is 249 g/mol. The largest absolute Gasteiger partial charge is 0.480 e. The van der Waals surface area contributed by atoms with Gasteiger partial charge in [-0.15, -0.1) is 10.2 Å². The second-order valence-electron chi connectivity index (χ2n) is 3.99. The first-order chi connectivity index (χ1) is 8.69. The van der Waals surface area contributed by atoms with Crippen LogP contribution in [0.5, 0.6) is 5.88 Å². The summed E-state index contributed by atoms with van der Waals surface area (Å²) in [5.41, 5.74) is 6.21. The molecule has 1 atom stereocenters. The number of nitrogens with two attached hydrogens (primary N) is 1. The molecule has 0 aliphatic rings. The van der Waals surface area contributed by atoms with Crippen LogP contribution >= 0.6 is 0 Å². The molecule has 0 aliphatic carbocycles. The molecule has 7 nitrogen and oxygen atoms in total. The summed E-state index contributed by atoms with van der Waals surface area (Å²) < 4.78 is 10.0. The van der Waals surface area contributed by atoms with Gasteiger partial charge in [0, 0.05) is 18.5 Å². The summed E-state index contributed by atoms with van der Waals surface area (Å²) >= 11 is 0. The summed E-state index contributed by atoms with van der Waals surface area (Å²) in [4.78, 5) is 4.23. The van der Waals surface area contributed by atoms with E-state index in [2.05, 4.69) is 20.3 Å². The highest BCUT2D eigenvalue weighted by molar-refractivity contribution is 5.47. The van der Waals surface area contributed by atoms with E-state index in [1.807, 2.05) is 6.92 Å². The Morgan fingerprint density at radius 1 is 1.39 bits per heavy atom. The lowest BCUT2D eigenvalue weighted by Gasteiger charge is -1.99. The molecule has 7 heteroatoms. The highest BCUT2D eigenvalue weighted by atomic mass is 16.5. The first kappa shape index (κ1) is 12.4. The van der Waals surface area contributed by atoms with Crippen molar-refractivity contribution in [1.29, 1.82) is 0 Å². The zero-order valence-corrected chi connectivity index (χ0v) is 10.3. The number of aromatic nitrogens is 4. The molecule has 0 radical (unpaired) electrons. The fraction of sp³-hybridized carbons (Fsp3) is 0.455. The van der Waals surface area contributed by atoms with Crippen LogP contribution in [0.15, 0.2) is 16.7 Å². The Morgan fingerprint density at radius 2 is 2.22 bits per heavy atom. The number of rotatable bonds is 5. The van der Waals surface area contributed by atoms with Gasteiger partial charge >= 0.3 is 0 Å². The Labute approximate surface area is 104 Å². The molecule has 0 aromatic carbocycles. The Balaban J connectivity index is 2.08. The molecule has 0 amide bonds. The van der Waals surface area contributed by atoms with E-state index in [1.54, 1.807) is 12.1 Å². The van der Waals surface area contributed by atoms with E-state index in [4.69, 9.17) is 15.0 Å². The maximum Gasteiger partial charge on any atom is 0.233 e. The minimum absolute atomic E-state index is 0.112. The summed E-state index contributed by atoms with van der Waals surface area (Å²) in [6.07, 6.45) is 1.46. The SMILES string of the molecule is COc1ccc(-c2noc(CCC(C)N)n2)nn1. The molecule has 0 spiro atoms. The van der Waals surface area contributed by atoms with Gasteiger partial charge < -0.3 is 15.0 Å². The van der Waals surface area contributed by atoms with Crippen molar-refractivity contribution in [3.05, 3.63) is 18.0 Å². The van der Waals surface area contributed by atoms with Crippen molar-refractivity contribution in [2.75, 3.05) is 7.11 Å². The molecule has 18 heavy (non-hydrogen) atoms. The molecule has 1 unspecified atom stereocenters. The number of methoxy groups -OCH3 is 1. The second kappa shape index (κ2) is 5.54. The van der Waals surface area contributed by atoms with Gasteiger partial charge in [-0.25, -0.2) is 0 Å². The van der Waals surface area contributed by atoms with Crippen LogP contribution in [0.25, 0.3) is 11.5 Å². The van der Waals surface area contributed by atoms with Crippen molar-refractivity contribution in [3.8, 4) is 17.4 Å². The Bertz CT molecular complexity index is 494. The molecule has 2 aromatic heterocycles. The lowest BCUT2D eigenvalue weighted by molar-refractivity contribution is 0.372. The molecule has 0 aliphatic heterocycles. The first-order valence-corrected chi connectivity index (χ1v) is 5.65. The third-order valence-electron chi connectivity index (χ3n) is 2.36. The van der Waals surface area contributed by atoms with Crippen LogP contribution in [0.1, 0.15) is 19.2 Å². The number of ether oxygens (including phenoxy) is 1. The summed E-state index contributed by atoms with van der Waals surface area (Å²) in [6, 6.07) is 3.54. The number of aryl methyl sites for hydroxylation is 1. The minimum Gasteiger partial charge on any atom is -0.480 e. The second-order valence-corrected chi connectivity index (χ2v) is 3.99. The van der Waals surface area contributed by atoms with Crippen LogP contribution in [-0.4, -0.2) is 33.5 Å². The molecule has 2 heterocycles. The highest BCUT2D eigenvalue weighted by Crippen LogP contribution is 2.14. The lowest BCUT2D eigenvalue weighted by atomic mass is 10.2. The fourth-order valence-corrected chi connectivity index (χ4v) is 1.36. The zero-order valence-electron chi connectivity index (χ0n) is 10.3. The van der Waals surface area contributed by atoms with E-state index in [1.165, 1.54) is 7.11 Å². The van der Waals surface area contributed by atoms with Gasteiger partial charge in [0.2, 0.25) is 17.6 Å². The van der Waals surface area contributed by atoms with Gasteiger partial charge in [0.1, 0.15) is 5.69 Å². The molecular weight excluding hydrogens is 234 g/mol. The van der Waals surface area contributed by atoms with E-state index >= 15 is 0 Å². The molecule has 2 aromatic rings. The minimum atomic E-state index is 0.112. The van der Waals surface area contributed by atoms with Crippen molar-refractivity contribution >= 4 is 0 Å². The van der Waals surface area contributed by atoms with Crippen molar-refractivity contribution in [2.45, 2.75) is 25.8 Å². The van der Waals surface area contributed by atoms with Gasteiger partial charge in [-0.05, 0) is 19.4 Å². The predicted octanol–water partition coefficient (Wildman–Crippen LogP) is 0.815. The normalized spacial score (nSPS) is 12.4. The summed E-state index contributed by atoms with van der Waals surface area (Å²) in [5.74, 6) is 1.42. The van der Waals surface area contributed by atoms with Crippen LogP contribution in [0.2, 0.25) is 0 Å². The molecule has 0 saturated heterocycles. The maximum absolute atomic E-state index is 5.66. The molecule has 96 valence electrons. The Kier molecular flexibility index (Phi) is 3.83. The number of hydrogen-bond donors (Lipinski definition) is 1. The van der Waals surface area contributed by atoms with E-state index in [-0.39, 0.29) is 6.04 Å². The monoisotopic (exact) mass is 249 g/mol. The summed E-state index contributed by atoms with van der Waals surface area (Å²) in [5, 5.41) is 11.6. The van der Waals surface area contributed by atoms with Crippen LogP contribution in [0.4, 0.5) is 0 Å². The molecule has 0 saturated carbocycles. The lowest BCUT2D eigenvalue weighted by Crippen LogP contribution is -2.15. The molecule has 0 fully saturated rings. The van der Waals surface area contributed by atoms with E-state index in [9.17, 15) is 0 Å².